The van der Waals surface area contributed by atoms with Gasteiger partial charge in [-0.15, -0.1) is 0 Å². The van der Waals surface area contributed by atoms with Crippen LogP contribution in [-0.4, -0.2) is 31.0 Å². The van der Waals surface area contributed by atoms with Crippen molar-refractivity contribution in [3.8, 4) is 0 Å². The van der Waals surface area contributed by atoms with Gasteiger partial charge in [0.25, 0.3) is 0 Å². The van der Waals surface area contributed by atoms with Crippen LogP contribution in [0.3, 0.4) is 0 Å². The van der Waals surface area contributed by atoms with E-state index < -0.39 is 0 Å². The first-order valence-corrected chi connectivity index (χ1v) is 5.07. The third-order valence-corrected chi connectivity index (χ3v) is 2.33. The van der Waals surface area contributed by atoms with Crippen LogP contribution in [0.5, 0.6) is 0 Å². The Morgan fingerprint density at radius 2 is 2.36 bits per heavy atom. The molecule has 4 heteroatoms. The van der Waals surface area contributed by atoms with E-state index in [9.17, 15) is 4.79 Å². The van der Waals surface area contributed by atoms with Gasteiger partial charge in [0.05, 0.1) is 6.10 Å². The molecule has 0 aromatic rings. The van der Waals surface area contributed by atoms with Gasteiger partial charge in [-0.25, -0.2) is 0 Å². The van der Waals surface area contributed by atoms with Gasteiger partial charge in [0.15, 0.2) is 0 Å². The number of amides is 1. The van der Waals surface area contributed by atoms with Crippen LogP contribution in [0.25, 0.3) is 0 Å². The minimum atomic E-state index is -0.168. The molecule has 1 aliphatic heterocycles. The highest BCUT2D eigenvalue weighted by Gasteiger charge is 2.25. The fourth-order valence-corrected chi connectivity index (χ4v) is 1.43. The maximum atomic E-state index is 11.4. The van der Waals surface area contributed by atoms with Gasteiger partial charge in [0, 0.05) is 13.5 Å². The number of amidine groups is 1. The number of hydrogen-bond acceptors (Lipinski definition) is 3. The molecule has 0 aromatic carbocycles. The molecule has 1 aliphatic rings. The van der Waals surface area contributed by atoms with Crippen molar-refractivity contribution in [2.24, 2.45) is 4.99 Å². The van der Waals surface area contributed by atoms with Gasteiger partial charge in [0.2, 0.25) is 5.91 Å². The summed E-state index contributed by atoms with van der Waals surface area (Å²) in [4.78, 5) is 15.7. The third-order valence-electron chi connectivity index (χ3n) is 2.33. The Hall–Kier alpha value is -0.900. The van der Waals surface area contributed by atoms with Gasteiger partial charge in [-0.1, -0.05) is 13.3 Å². The number of rotatable bonds is 5. The second-order valence-corrected chi connectivity index (χ2v) is 3.62. The number of nitrogens with one attached hydrogen (secondary N) is 1. The summed E-state index contributed by atoms with van der Waals surface area (Å²) in [7, 11) is 1.66. The molecule has 0 spiro atoms. The zero-order valence-electron chi connectivity index (χ0n) is 9.04. The van der Waals surface area contributed by atoms with Gasteiger partial charge in [-0.2, -0.15) is 0 Å². The Balaban J connectivity index is 2.48. The summed E-state index contributed by atoms with van der Waals surface area (Å²) in [6.07, 6.45) is 2.60. The van der Waals surface area contributed by atoms with E-state index in [0.717, 1.165) is 18.7 Å². The molecule has 0 fully saturated rings. The molecule has 0 saturated heterocycles. The zero-order chi connectivity index (χ0) is 10.6. The van der Waals surface area contributed by atoms with Gasteiger partial charge in [-0.05, 0) is 13.3 Å². The van der Waals surface area contributed by atoms with Crippen LogP contribution in [0.1, 0.15) is 33.1 Å². The predicted octanol–water partition coefficient (Wildman–Crippen LogP) is 1.11. The number of carbonyl (C=O) groups is 1. The molecule has 4 nitrogen and oxygen atoms in total. The van der Waals surface area contributed by atoms with Crippen LogP contribution in [0, 0.1) is 0 Å². The van der Waals surface area contributed by atoms with Crippen LogP contribution >= 0.6 is 0 Å². The lowest BCUT2D eigenvalue weighted by molar-refractivity contribution is -0.120. The smallest absolute Gasteiger partial charge is 0.250 e. The van der Waals surface area contributed by atoms with Crippen molar-refractivity contribution in [2.45, 2.75) is 45.3 Å². The van der Waals surface area contributed by atoms with Crippen molar-refractivity contribution < 1.29 is 9.53 Å². The SMILES string of the molecule is CCCC1N=C(CC(C)OC)NC1=O. The molecule has 1 rings (SSSR count). The highest BCUT2D eigenvalue weighted by molar-refractivity contribution is 6.05. The molecule has 80 valence electrons. The fourth-order valence-electron chi connectivity index (χ4n) is 1.43. The number of nitrogens with zero attached hydrogens (tertiary/aromatic N) is 1. The molecule has 1 N–H and O–H groups in total. The summed E-state index contributed by atoms with van der Waals surface area (Å²) in [5.74, 6) is 0.799. The Labute approximate surface area is 84.7 Å². The summed E-state index contributed by atoms with van der Waals surface area (Å²) in [5.41, 5.74) is 0. The van der Waals surface area contributed by atoms with Gasteiger partial charge >= 0.3 is 0 Å². The average molecular weight is 198 g/mol. The normalized spacial score (nSPS) is 23.2. The van der Waals surface area contributed by atoms with Gasteiger partial charge < -0.3 is 10.1 Å². The van der Waals surface area contributed by atoms with Crippen LogP contribution in [0.2, 0.25) is 0 Å². The first kappa shape index (κ1) is 11.2. The van der Waals surface area contributed by atoms with Crippen molar-refractivity contribution in [3.05, 3.63) is 0 Å². The van der Waals surface area contributed by atoms with Gasteiger partial charge in [0.1, 0.15) is 11.9 Å². The van der Waals surface area contributed by atoms with Crippen molar-refractivity contribution >= 4 is 11.7 Å². The van der Waals surface area contributed by atoms with E-state index in [0.29, 0.717) is 6.42 Å². The van der Waals surface area contributed by atoms with Crippen LogP contribution in [-0.2, 0) is 9.53 Å². The Morgan fingerprint density at radius 1 is 1.64 bits per heavy atom. The largest absolute Gasteiger partial charge is 0.381 e. The van der Waals surface area contributed by atoms with E-state index in [1.165, 1.54) is 0 Å². The lowest BCUT2D eigenvalue weighted by atomic mass is 10.2. The van der Waals surface area contributed by atoms with E-state index >= 15 is 0 Å². The second-order valence-electron chi connectivity index (χ2n) is 3.62. The summed E-state index contributed by atoms with van der Waals surface area (Å²) < 4.78 is 5.11. The van der Waals surface area contributed by atoms with Crippen molar-refractivity contribution in [2.75, 3.05) is 7.11 Å². The minimum absolute atomic E-state index is 0.0325. The van der Waals surface area contributed by atoms with E-state index in [1.807, 2.05) is 6.92 Å². The summed E-state index contributed by atoms with van der Waals surface area (Å²) in [5, 5.41) is 2.79. The topological polar surface area (TPSA) is 50.7 Å². The number of carbonyl (C=O) groups excluding carboxylic acids is 1. The molecule has 1 heterocycles. The minimum Gasteiger partial charge on any atom is -0.381 e. The lowest BCUT2D eigenvalue weighted by Crippen LogP contribution is -2.30. The molecular formula is C10H18N2O2. The van der Waals surface area contributed by atoms with Crippen LogP contribution in [0.15, 0.2) is 4.99 Å². The standard InChI is InChI=1S/C10H18N2O2/c1-4-5-8-10(13)12-9(11-8)6-7(2)14-3/h7-8H,4-6H2,1-3H3,(H,11,12,13). The van der Waals surface area contributed by atoms with Gasteiger partial charge in [-0.3, -0.25) is 9.79 Å². The molecule has 2 unspecified atom stereocenters. The Kier molecular flexibility index (Phi) is 4.07. The highest BCUT2D eigenvalue weighted by atomic mass is 16.5. The first-order chi connectivity index (χ1) is 6.67. The molecular weight excluding hydrogens is 180 g/mol. The van der Waals surface area contributed by atoms with Crippen LogP contribution < -0.4 is 5.32 Å². The molecule has 2 atom stereocenters. The molecule has 1 amide bonds. The van der Waals surface area contributed by atoms with Crippen LogP contribution in [0.4, 0.5) is 0 Å². The lowest BCUT2D eigenvalue weighted by Gasteiger charge is -2.07. The average Bonchev–Trinajstić information content (AvgIpc) is 2.47. The monoisotopic (exact) mass is 198 g/mol. The number of ether oxygens (including phenoxy) is 1. The van der Waals surface area contributed by atoms with E-state index in [4.69, 9.17) is 4.74 Å². The van der Waals surface area contributed by atoms with Crippen molar-refractivity contribution in [1.82, 2.24) is 5.32 Å². The summed E-state index contributed by atoms with van der Waals surface area (Å²) >= 11 is 0. The number of hydrogen-bond donors (Lipinski definition) is 1. The predicted molar refractivity (Wildman–Crippen MR) is 55.4 cm³/mol. The molecule has 14 heavy (non-hydrogen) atoms. The first-order valence-electron chi connectivity index (χ1n) is 5.07. The highest BCUT2D eigenvalue weighted by Crippen LogP contribution is 2.10. The summed E-state index contributed by atoms with van der Waals surface area (Å²) in [6, 6.07) is -0.168. The zero-order valence-corrected chi connectivity index (χ0v) is 9.04. The Bertz CT molecular complexity index is 238. The second kappa shape index (κ2) is 5.10. The van der Waals surface area contributed by atoms with E-state index in [1.54, 1.807) is 7.11 Å². The number of aliphatic imine (C=N–C) groups is 1. The molecule has 0 bridgehead atoms. The molecule has 0 radical (unpaired) electrons. The molecule has 0 aliphatic carbocycles. The Morgan fingerprint density at radius 3 is 2.93 bits per heavy atom. The quantitative estimate of drug-likeness (QED) is 0.719. The molecule has 0 saturated carbocycles. The number of methoxy groups -OCH3 is 1. The fraction of sp³-hybridized carbons (Fsp3) is 0.800. The molecule has 0 aromatic heterocycles. The van der Waals surface area contributed by atoms with E-state index in [2.05, 4.69) is 17.2 Å². The summed E-state index contributed by atoms with van der Waals surface area (Å²) in [6.45, 7) is 4.01. The maximum Gasteiger partial charge on any atom is 0.250 e. The third kappa shape index (κ3) is 2.80. The van der Waals surface area contributed by atoms with Crippen molar-refractivity contribution in [3.63, 3.8) is 0 Å². The maximum absolute atomic E-state index is 11.4. The van der Waals surface area contributed by atoms with E-state index in [-0.39, 0.29) is 18.1 Å². The van der Waals surface area contributed by atoms with Crippen molar-refractivity contribution in [1.29, 1.82) is 0 Å².